The van der Waals surface area contributed by atoms with Crippen LogP contribution in [0.2, 0.25) is 0 Å². The number of para-hydroxylation sites is 1. The predicted molar refractivity (Wildman–Crippen MR) is 73.7 cm³/mol. The number of methoxy groups -OCH3 is 1. The van der Waals surface area contributed by atoms with E-state index >= 15 is 0 Å². The molecule has 0 heterocycles. The number of esters is 1. The molecule has 1 aromatic rings. The first-order valence-corrected chi connectivity index (χ1v) is 6.16. The second-order valence-corrected chi connectivity index (χ2v) is 4.29. The van der Waals surface area contributed by atoms with Gasteiger partial charge >= 0.3 is 5.97 Å². The highest BCUT2D eigenvalue weighted by atomic mass is 16.5. The molecule has 1 atom stereocenters. The summed E-state index contributed by atoms with van der Waals surface area (Å²) in [6.45, 7) is 3.30. The Morgan fingerprint density at radius 3 is 2.32 bits per heavy atom. The van der Waals surface area contributed by atoms with Gasteiger partial charge in [-0.2, -0.15) is 0 Å². The molecule has 1 aromatic carbocycles. The second-order valence-electron chi connectivity index (χ2n) is 4.29. The average molecular weight is 264 g/mol. The molecule has 0 aliphatic rings. The molecule has 0 saturated carbocycles. The number of ketones is 1. The molecule has 1 rings (SSSR count). The second kappa shape index (κ2) is 6.33. The molecule has 1 unspecified atom stereocenters. The minimum atomic E-state index is -1.40. The maximum atomic E-state index is 12.2. The number of nitrogens with two attached hydrogens (primary N) is 1. The molecule has 0 fully saturated rings. The van der Waals surface area contributed by atoms with E-state index in [9.17, 15) is 9.59 Å². The van der Waals surface area contributed by atoms with Gasteiger partial charge < -0.3 is 15.4 Å². The van der Waals surface area contributed by atoms with E-state index in [0.717, 1.165) is 0 Å². The standard InChI is InChI=1S/C14H20N2O3/c1-4-12(17)14(2,13(18)19-3)16(10-15)11-8-6-5-7-9-11/h5-9H,4,10,15H2,1-3H3. The highest BCUT2D eigenvalue weighted by Gasteiger charge is 2.46. The van der Waals surface area contributed by atoms with Crippen molar-refractivity contribution >= 4 is 17.4 Å². The smallest absolute Gasteiger partial charge is 0.339 e. The van der Waals surface area contributed by atoms with Crippen LogP contribution in [0.5, 0.6) is 0 Å². The van der Waals surface area contributed by atoms with Gasteiger partial charge in [-0.1, -0.05) is 25.1 Å². The molecular formula is C14H20N2O3. The van der Waals surface area contributed by atoms with Gasteiger partial charge in [0.25, 0.3) is 0 Å². The number of anilines is 1. The largest absolute Gasteiger partial charge is 0.467 e. The third-order valence-electron chi connectivity index (χ3n) is 3.24. The van der Waals surface area contributed by atoms with Gasteiger partial charge in [0.15, 0.2) is 11.3 Å². The van der Waals surface area contributed by atoms with E-state index in [1.807, 2.05) is 18.2 Å². The zero-order valence-electron chi connectivity index (χ0n) is 11.6. The van der Waals surface area contributed by atoms with E-state index in [1.165, 1.54) is 7.11 Å². The highest BCUT2D eigenvalue weighted by Crippen LogP contribution is 2.26. The van der Waals surface area contributed by atoms with E-state index in [1.54, 1.807) is 30.9 Å². The van der Waals surface area contributed by atoms with Gasteiger partial charge in [0.1, 0.15) is 0 Å². The third kappa shape index (κ3) is 2.76. The van der Waals surface area contributed by atoms with E-state index in [4.69, 9.17) is 10.5 Å². The minimum Gasteiger partial charge on any atom is -0.467 e. The maximum absolute atomic E-state index is 12.2. The Morgan fingerprint density at radius 1 is 1.32 bits per heavy atom. The summed E-state index contributed by atoms with van der Waals surface area (Å²) in [5.74, 6) is -0.831. The fraction of sp³-hybridized carbons (Fsp3) is 0.429. The van der Waals surface area contributed by atoms with Crippen LogP contribution in [0.4, 0.5) is 5.69 Å². The van der Waals surface area contributed by atoms with Gasteiger partial charge in [-0.05, 0) is 19.1 Å². The van der Waals surface area contributed by atoms with E-state index < -0.39 is 11.5 Å². The van der Waals surface area contributed by atoms with Crippen LogP contribution < -0.4 is 10.6 Å². The summed E-state index contributed by atoms with van der Waals surface area (Å²) >= 11 is 0. The van der Waals surface area contributed by atoms with Crippen molar-refractivity contribution in [3.8, 4) is 0 Å². The molecule has 5 heteroatoms. The van der Waals surface area contributed by atoms with Crippen molar-refractivity contribution < 1.29 is 14.3 Å². The fourth-order valence-electron chi connectivity index (χ4n) is 2.07. The predicted octanol–water partition coefficient (Wildman–Crippen LogP) is 1.32. The lowest BCUT2D eigenvalue weighted by atomic mass is 9.92. The van der Waals surface area contributed by atoms with Crippen LogP contribution in [-0.2, 0) is 14.3 Å². The fourth-order valence-corrected chi connectivity index (χ4v) is 2.07. The lowest BCUT2D eigenvalue weighted by Gasteiger charge is -2.38. The van der Waals surface area contributed by atoms with Crippen molar-refractivity contribution in [1.82, 2.24) is 0 Å². The van der Waals surface area contributed by atoms with Crippen LogP contribution >= 0.6 is 0 Å². The van der Waals surface area contributed by atoms with Crippen LogP contribution in [0.15, 0.2) is 30.3 Å². The van der Waals surface area contributed by atoms with E-state index in [-0.39, 0.29) is 18.9 Å². The molecule has 0 saturated heterocycles. The summed E-state index contributed by atoms with van der Waals surface area (Å²) < 4.78 is 4.79. The molecule has 104 valence electrons. The number of nitrogens with zero attached hydrogens (tertiary/aromatic N) is 1. The van der Waals surface area contributed by atoms with Crippen molar-refractivity contribution in [2.45, 2.75) is 25.8 Å². The number of hydrogen-bond donors (Lipinski definition) is 1. The summed E-state index contributed by atoms with van der Waals surface area (Å²) in [4.78, 5) is 25.8. The molecule has 19 heavy (non-hydrogen) atoms. The van der Waals surface area contributed by atoms with Gasteiger partial charge in [0.05, 0.1) is 13.8 Å². The first kappa shape index (κ1) is 15.2. The Kier molecular flexibility index (Phi) is 5.06. The van der Waals surface area contributed by atoms with E-state index in [0.29, 0.717) is 5.69 Å². The molecule has 0 aromatic heterocycles. The Morgan fingerprint density at radius 2 is 1.89 bits per heavy atom. The molecule has 0 amide bonds. The van der Waals surface area contributed by atoms with Crippen LogP contribution in [0.3, 0.4) is 0 Å². The van der Waals surface area contributed by atoms with Crippen LogP contribution in [0.1, 0.15) is 20.3 Å². The normalized spacial score (nSPS) is 13.5. The number of ether oxygens (including phenoxy) is 1. The Labute approximate surface area is 113 Å². The Balaban J connectivity index is 3.29. The molecule has 2 N–H and O–H groups in total. The monoisotopic (exact) mass is 264 g/mol. The van der Waals surface area contributed by atoms with Gasteiger partial charge in [-0.15, -0.1) is 0 Å². The lowest BCUT2D eigenvalue weighted by molar-refractivity contribution is -0.150. The molecule has 0 aliphatic heterocycles. The number of benzene rings is 1. The summed E-state index contributed by atoms with van der Waals surface area (Å²) in [5.41, 5.74) is 5.05. The number of rotatable bonds is 6. The van der Waals surface area contributed by atoms with Crippen molar-refractivity contribution in [3.63, 3.8) is 0 Å². The molecule has 0 bridgehead atoms. The van der Waals surface area contributed by atoms with Crippen molar-refractivity contribution in [2.24, 2.45) is 5.73 Å². The third-order valence-corrected chi connectivity index (χ3v) is 3.24. The lowest BCUT2D eigenvalue weighted by Crippen LogP contribution is -2.60. The van der Waals surface area contributed by atoms with E-state index in [2.05, 4.69) is 0 Å². The van der Waals surface area contributed by atoms with Gasteiger partial charge in [0.2, 0.25) is 0 Å². The number of hydrogen-bond acceptors (Lipinski definition) is 5. The minimum absolute atomic E-state index is 0.0430. The first-order chi connectivity index (χ1) is 9.02. The summed E-state index contributed by atoms with van der Waals surface area (Å²) in [6.07, 6.45) is 0.231. The Hall–Kier alpha value is -1.88. The SMILES string of the molecule is CCC(=O)C(C)(C(=O)OC)N(CN)c1ccccc1. The van der Waals surface area contributed by atoms with Crippen molar-refractivity contribution in [3.05, 3.63) is 30.3 Å². The summed E-state index contributed by atoms with van der Waals surface area (Å²) in [6, 6.07) is 9.11. The molecule has 0 aliphatic carbocycles. The van der Waals surface area contributed by atoms with Gasteiger partial charge in [-0.3, -0.25) is 4.79 Å². The number of Topliss-reactive ketones (excluding diaryl/α,β-unsaturated/α-hetero) is 1. The zero-order chi connectivity index (χ0) is 14.5. The van der Waals surface area contributed by atoms with Crippen LogP contribution in [0.25, 0.3) is 0 Å². The molecule has 5 nitrogen and oxygen atoms in total. The summed E-state index contributed by atoms with van der Waals surface area (Å²) in [7, 11) is 1.27. The van der Waals surface area contributed by atoms with Crippen LogP contribution in [-0.4, -0.2) is 31.1 Å². The molecule has 0 spiro atoms. The van der Waals surface area contributed by atoms with Gasteiger partial charge in [-0.25, -0.2) is 4.79 Å². The van der Waals surface area contributed by atoms with Gasteiger partial charge in [0, 0.05) is 12.1 Å². The van der Waals surface area contributed by atoms with Crippen LogP contribution in [0, 0.1) is 0 Å². The van der Waals surface area contributed by atoms with Crippen molar-refractivity contribution in [1.29, 1.82) is 0 Å². The quantitative estimate of drug-likeness (QED) is 0.476. The van der Waals surface area contributed by atoms with Crippen molar-refractivity contribution in [2.75, 3.05) is 18.7 Å². The molecular weight excluding hydrogens is 244 g/mol. The summed E-state index contributed by atoms with van der Waals surface area (Å²) in [5, 5.41) is 0. The highest BCUT2D eigenvalue weighted by molar-refractivity contribution is 6.11. The number of carbonyl (C=O) groups is 2. The average Bonchev–Trinajstić information content (AvgIpc) is 2.46. The molecule has 0 radical (unpaired) electrons. The zero-order valence-corrected chi connectivity index (χ0v) is 11.6. The first-order valence-electron chi connectivity index (χ1n) is 6.16. The maximum Gasteiger partial charge on any atom is 0.339 e. The topological polar surface area (TPSA) is 72.6 Å². The Bertz CT molecular complexity index is 429. The number of carbonyl (C=O) groups excluding carboxylic acids is 2.